The first-order valence-electron chi connectivity index (χ1n) is 5.07. The largest absolute Gasteiger partial charge is 0.618 e. The molecule has 0 saturated heterocycles. The molecule has 2 rings (SSSR count). The van der Waals surface area contributed by atoms with Gasteiger partial charge in [-0.1, -0.05) is 23.2 Å². The maximum Gasteiger partial charge on any atom is 0.388 e. The molecule has 20 heavy (non-hydrogen) atoms. The van der Waals surface area contributed by atoms with Crippen LogP contribution in [0.3, 0.4) is 0 Å². The van der Waals surface area contributed by atoms with Crippen LogP contribution in [0.25, 0.3) is 11.4 Å². The van der Waals surface area contributed by atoms with E-state index < -0.39 is 29.0 Å². The molecule has 0 N–H and O–H groups in total. The molecule has 0 unspecified atom stereocenters. The second kappa shape index (κ2) is 5.37. The number of rotatable bonds is 3. The lowest BCUT2D eigenvalue weighted by Crippen LogP contribution is -2.30. The topological polar surface area (TPSA) is 54.0 Å². The molecule has 10 heteroatoms. The second-order valence-corrected chi connectivity index (χ2v) is 4.46. The van der Waals surface area contributed by atoms with Gasteiger partial charge in [-0.3, -0.25) is 0 Å². The van der Waals surface area contributed by atoms with Crippen molar-refractivity contribution in [3.8, 4) is 17.3 Å². The van der Waals surface area contributed by atoms with Crippen LogP contribution in [0.4, 0.5) is 13.2 Å². The van der Waals surface area contributed by atoms with Crippen molar-refractivity contribution in [2.45, 2.75) is 6.61 Å². The third-order valence-electron chi connectivity index (χ3n) is 2.32. The van der Waals surface area contributed by atoms with Gasteiger partial charge in [0.1, 0.15) is 10.0 Å². The number of halogens is 5. The Labute approximate surface area is 120 Å². The molecule has 0 aromatic carbocycles. The molecule has 0 fully saturated rings. The summed E-state index contributed by atoms with van der Waals surface area (Å²) in [6.07, 6.45) is 0.888. The fraction of sp³-hybridized carbons (Fsp3) is 0.200. The molecule has 2 aromatic heterocycles. The van der Waals surface area contributed by atoms with E-state index >= 15 is 0 Å². The van der Waals surface area contributed by atoms with Crippen LogP contribution < -0.4 is 9.47 Å². The van der Waals surface area contributed by atoms with Gasteiger partial charge in [0.2, 0.25) is 5.88 Å². The van der Waals surface area contributed by atoms with Gasteiger partial charge >= 0.3 is 6.61 Å². The third kappa shape index (κ3) is 2.61. The highest BCUT2D eigenvalue weighted by atomic mass is 35.5. The van der Waals surface area contributed by atoms with E-state index in [0.29, 0.717) is 0 Å². The number of hydrogen-bond acceptors (Lipinski definition) is 3. The molecule has 0 atom stereocenters. The molecule has 0 amide bonds. The maximum atomic E-state index is 13.8. The summed E-state index contributed by atoms with van der Waals surface area (Å²) in [4.78, 5) is 0. The molecule has 0 radical (unpaired) electrons. The molecular weight excluding hydrogens is 322 g/mol. The van der Waals surface area contributed by atoms with Crippen LogP contribution in [0.5, 0.6) is 5.88 Å². The zero-order valence-electron chi connectivity index (χ0n) is 9.78. The molecular formula is C10H6Cl2F3N3O2. The average molecular weight is 328 g/mol. The van der Waals surface area contributed by atoms with Gasteiger partial charge in [-0.25, -0.2) is 4.68 Å². The number of aryl methyl sites for hydroxylation is 1. The van der Waals surface area contributed by atoms with Gasteiger partial charge in [0, 0.05) is 13.1 Å². The predicted octanol–water partition coefficient (Wildman–Crippen LogP) is 2.77. The monoisotopic (exact) mass is 327 g/mol. The number of aromatic nitrogens is 3. The van der Waals surface area contributed by atoms with Crippen molar-refractivity contribution >= 4 is 23.2 Å². The Morgan fingerprint density at radius 1 is 1.45 bits per heavy atom. The van der Waals surface area contributed by atoms with Crippen molar-refractivity contribution in [2.24, 2.45) is 7.05 Å². The molecule has 2 aromatic rings. The van der Waals surface area contributed by atoms with Crippen LogP contribution in [0.1, 0.15) is 0 Å². The number of alkyl halides is 2. The van der Waals surface area contributed by atoms with Crippen LogP contribution in [-0.4, -0.2) is 16.4 Å². The Hall–Kier alpha value is -1.67. The Balaban J connectivity index is 2.60. The van der Waals surface area contributed by atoms with Crippen LogP contribution in [0, 0.1) is 11.0 Å². The lowest BCUT2D eigenvalue weighted by Gasteiger charge is -2.04. The summed E-state index contributed by atoms with van der Waals surface area (Å²) in [5.41, 5.74) is -0.868. The lowest BCUT2D eigenvalue weighted by atomic mass is 10.2. The standard InChI is InChI=1S/C10H6Cl2F3N3O2/c1-17-9(20-10(14)15)6(12)7(16-17)8-5(13)2-4(11)3-18(8)19/h2-3,10H,1H3. The van der Waals surface area contributed by atoms with Crippen molar-refractivity contribution in [1.82, 2.24) is 9.78 Å². The average Bonchev–Trinajstić information content (AvgIpc) is 2.55. The Morgan fingerprint density at radius 3 is 2.65 bits per heavy atom. The van der Waals surface area contributed by atoms with Gasteiger partial charge in [0.25, 0.3) is 5.69 Å². The molecule has 0 aliphatic rings. The van der Waals surface area contributed by atoms with Gasteiger partial charge in [0.05, 0.1) is 0 Å². The smallest absolute Gasteiger partial charge is 0.388 e. The van der Waals surface area contributed by atoms with Crippen LogP contribution in [0.15, 0.2) is 12.3 Å². The Kier molecular flexibility index (Phi) is 3.96. The molecule has 2 heterocycles. The molecule has 0 aliphatic heterocycles. The van der Waals surface area contributed by atoms with Crippen LogP contribution in [-0.2, 0) is 7.05 Å². The first kappa shape index (κ1) is 14.7. The van der Waals surface area contributed by atoms with Crippen LogP contribution >= 0.6 is 23.2 Å². The minimum absolute atomic E-state index is 0.109. The fourth-order valence-electron chi connectivity index (χ4n) is 1.57. The second-order valence-electron chi connectivity index (χ2n) is 3.65. The molecule has 0 aliphatic carbocycles. The van der Waals surface area contributed by atoms with Gasteiger partial charge < -0.3 is 9.94 Å². The highest BCUT2D eigenvalue weighted by Crippen LogP contribution is 2.35. The highest BCUT2D eigenvalue weighted by molar-refractivity contribution is 6.34. The fourth-order valence-corrected chi connectivity index (χ4v) is 2.05. The normalized spacial score (nSPS) is 11.2. The molecule has 5 nitrogen and oxygen atoms in total. The molecule has 0 bridgehead atoms. The van der Waals surface area contributed by atoms with Crippen molar-refractivity contribution in [1.29, 1.82) is 0 Å². The van der Waals surface area contributed by atoms with E-state index in [4.69, 9.17) is 23.2 Å². The van der Waals surface area contributed by atoms with E-state index in [1.54, 1.807) is 0 Å². The van der Waals surface area contributed by atoms with Crippen molar-refractivity contribution in [3.05, 3.63) is 33.3 Å². The summed E-state index contributed by atoms with van der Waals surface area (Å²) >= 11 is 11.3. The minimum atomic E-state index is -3.13. The maximum absolute atomic E-state index is 13.8. The van der Waals surface area contributed by atoms with Crippen molar-refractivity contribution in [2.75, 3.05) is 0 Å². The number of nitrogens with zero attached hydrogens (tertiary/aromatic N) is 3. The van der Waals surface area contributed by atoms with Crippen molar-refractivity contribution in [3.63, 3.8) is 0 Å². The molecule has 108 valence electrons. The highest BCUT2D eigenvalue weighted by Gasteiger charge is 2.28. The summed E-state index contributed by atoms with van der Waals surface area (Å²) < 4.78 is 43.4. The SMILES string of the molecule is Cn1nc(-c2c(F)cc(Cl)c[n+]2[O-])c(Cl)c1OC(F)F. The zero-order valence-corrected chi connectivity index (χ0v) is 11.3. The van der Waals surface area contributed by atoms with E-state index in [1.807, 2.05) is 0 Å². The summed E-state index contributed by atoms with van der Waals surface area (Å²) in [5.74, 6) is -1.47. The first-order chi connectivity index (χ1) is 9.31. The van der Waals surface area contributed by atoms with E-state index in [0.717, 1.165) is 16.9 Å². The minimum Gasteiger partial charge on any atom is -0.618 e. The predicted molar refractivity (Wildman–Crippen MR) is 64.2 cm³/mol. The van der Waals surface area contributed by atoms with E-state index in [1.165, 1.54) is 7.05 Å². The summed E-state index contributed by atoms with van der Waals surface area (Å²) in [6.45, 7) is -3.13. The summed E-state index contributed by atoms with van der Waals surface area (Å²) in [6, 6.07) is 0.879. The zero-order chi connectivity index (χ0) is 15.0. The number of hydrogen-bond donors (Lipinski definition) is 0. The number of ether oxygens (including phenoxy) is 1. The van der Waals surface area contributed by atoms with E-state index in [9.17, 15) is 18.4 Å². The van der Waals surface area contributed by atoms with Gasteiger partial charge in [0.15, 0.2) is 17.7 Å². The quantitative estimate of drug-likeness (QED) is 0.643. The van der Waals surface area contributed by atoms with Gasteiger partial charge in [-0.2, -0.15) is 23.0 Å². The summed E-state index contributed by atoms with van der Waals surface area (Å²) in [5, 5.41) is 14.8. The Morgan fingerprint density at radius 2 is 2.10 bits per heavy atom. The van der Waals surface area contributed by atoms with Gasteiger partial charge in [-0.05, 0) is 0 Å². The van der Waals surface area contributed by atoms with Gasteiger partial charge in [-0.15, -0.1) is 0 Å². The summed E-state index contributed by atoms with van der Waals surface area (Å²) in [7, 11) is 1.26. The lowest BCUT2D eigenvalue weighted by molar-refractivity contribution is -0.595. The molecule has 0 spiro atoms. The van der Waals surface area contributed by atoms with Crippen LogP contribution in [0.2, 0.25) is 10.0 Å². The van der Waals surface area contributed by atoms with E-state index in [2.05, 4.69) is 9.84 Å². The van der Waals surface area contributed by atoms with Crippen molar-refractivity contribution < 1.29 is 22.6 Å². The van der Waals surface area contributed by atoms with E-state index in [-0.39, 0.29) is 15.4 Å². The number of pyridine rings is 1. The first-order valence-corrected chi connectivity index (χ1v) is 5.82. The molecule has 0 saturated carbocycles. The third-order valence-corrected chi connectivity index (χ3v) is 2.86. The Bertz CT molecular complexity index is 640.